The van der Waals surface area contributed by atoms with Gasteiger partial charge in [0.25, 0.3) is 5.91 Å². The monoisotopic (exact) mass is 319 g/mol. The molecule has 2 bridgehead atoms. The van der Waals surface area contributed by atoms with E-state index < -0.39 is 0 Å². The fourth-order valence-corrected chi connectivity index (χ4v) is 5.06. The lowest BCUT2D eigenvalue weighted by atomic mass is 10.0. The molecule has 1 amide bonds. The van der Waals surface area contributed by atoms with Gasteiger partial charge in [-0.3, -0.25) is 4.79 Å². The first kappa shape index (κ1) is 13.5. The first-order valence-corrected chi connectivity index (χ1v) is 9.36. The summed E-state index contributed by atoms with van der Waals surface area (Å²) in [4.78, 5) is 15.0. The highest BCUT2D eigenvalue weighted by Gasteiger charge is 2.43. The van der Waals surface area contributed by atoms with E-state index in [-0.39, 0.29) is 5.91 Å². The Labute approximate surface area is 132 Å². The molecular weight excluding hydrogens is 302 g/mol. The van der Waals surface area contributed by atoms with Gasteiger partial charge in [0.1, 0.15) is 11.0 Å². The lowest BCUT2D eigenvalue weighted by Gasteiger charge is -2.38. The molecule has 2 aromatic rings. The van der Waals surface area contributed by atoms with Crippen LogP contribution < -0.4 is 0 Å². The fourth-order valence-electron chi connectivity index (χ4n) is 3.72. The maximum absolute atomic E-state index is 12.9. The van der Waals surface area contributed by atoms with Gasteiger partial charge in [-0.1, -0.05) is 0 Å². The highest BCUT2D eigenvalue weighted by atomic mass is 32.2. The number of rotatable bonds is 2. The van der Waals surface area contributed by atoms with Crippen molar-refractivity contribution in [3.05, 3.63) is 23.8 Å². The van der Waals surface area contributed by atoms with E-state index in [1.54, 1.807) is 0 Å². The van der Waals surface area contributed by atoms with E-state index in [2.05, 4.69) is 19.9 Å². The Hall–Kier alpha value is -1.14. The van der Waals surface area contributed by atoms with E-state index in [0.29, 0.717) is 12.1 Å². The van der Waals surface area contributed by atoms with Crippen LogP contribution in [0.1, 0.15) is 36.0 Å². The second-order valence-corrected chi connectivity index (χ2v) is 7.56. The van der Waals surface area contributed by atoms with Crippen molar-refractivity contribution in [2.45, 2.75) is 43.0 Å². The number of hydrogen-bond donors (Lipinski definition) is 0. The number of carbonyl (C=O) groups is 1. The highest BCUT2D eigenvalue weighted by Crippen LogP contribution is 2.40. The fraction of sp³-hybridized carbons (Fsp3) is 0.533. The van der Waals surface area contributed by atoms with E-state index in [4.69, 9.17) is 0 Å². The normalized spacial score (nSPS) is 28.2. The maximum Gasteiger partial charge on any atom is 0.254 e. The Balaban J connectivity index is 1.62. The smallest absolute Gasteiger partial charge is 0.254 e. The molecule has 3 heterocycles. The minimum absolute atomic E-state index is 0.178. The number of amides is 1. The number of thioether (sulfide) groups is 1. The van der Waals surface area contributed by atoms with Crippen LogP contribution in [0.3, 0.4) is 0 Å². The summed E-state index contributed by atoms with van der Waals surface area (Å²) in [5.74, 6) is 0.178. The van der Waals surface area contributed by atoms with Crippen LogP contribution in [0.2, 0.25) is 0 Å². The number of hydrogen-bond acceptors (Lipinski definition) is 5. The summed E-state index contributed by atoms with van der Waals surface area (Å²) in [6.45, 7) is 0. The Morgan fingerprint density at radius 3 is 2.67 bits per heavy atom. The summed E-state index contributed by atoms with van der Waals surface area (Å²) in [5, 5.41) is 0.719. The molecule has 6 heteroatoms. The molecule has 2 aliphatic rings. The van der Waals surface area contributed by atoms with E-state index in [9.17, 15) is 4.79 Å². The van der Waals surface area contributed by atoms with Gasteiger partial charge in [0.2, 0.25) is 0 Å². The Kier molecular flexibility index (Phi) is 3.38. The molecule has 0 aliphatic carbocycles. The summed E-state index contributed by atoms with van der Waals surface area (Å²) >= 11 is 3.15. The van der Waals surface area contributed by atoms with Gasteiger partial charge in [-0.05, 0) is 50.1 Å². The molecule has 110 valence electrons. The summed E-state index contributed by atoms with van der Waals surface area (Å²) in [7, 11) is 0. The molecule has 1 aromatic heterocycles. The largest absolute Gasteiger partial charge is 0.333 e. The summed E-state index contributed by atoms with van der Waals surface area (Å²) in [6, 6.07) is 6.55. The minimum atomic E-state index is 0.178. The third-order valence-electron chi connectivity index (χ3n) is 4.76. The maximum atomic E-state index is 12.9. The third-order valence-corrected chi connectivity index (χ3v) is 6.37. The molecule has 2 aliphatic heterocycles. The van der Waals surface area contributed by atoms with E-state index >= 15 is 0 Å². The molecule has 0 spiro atoms. The topological polar surface area (TPSA) is 46.1 Å². The first-order valence-electron chi connectivity index (χ1n) is 7.34. The van der Waals surface area contributed by atoms with Crippen molar-refractivity contribution >= 4 is 40.4 Å². The highest BCUT2D eigenvalue weighted by molar-refractivity contribution is 7.99. The standard InChI is InChI=1S/C15H17N3OS2/c1-20-12-7-10-3-4-11(8-12)18(10)15(19)9-2-5-13-14(6-9)17-21-16-13/h2,5-6,10-12H,3-4,7-8H2,1H3/t10-,11+,12?. The molecule has 3 atom stereocenters. The van der Waals surface area contributed by atoms with Crippen molar-refractivity contribution in [3.63, 3.8) is 0 Å². The second kappa shape index (κ2) is 5.25. The van der Waals surface area contributed by atoms with Crippen molar-refractivity contribution < 1.29 is 4.79 Å². The predicted molar refractivity (Wildman–Crippen MR) is 86.9 cm³/mol. The number of carbonyl (C=O) groups excluding carboxylic acids is 1. The molecule has 4 rings (SSSR count). The second-order valence-electron chi connectivity index (χ2n) is 5.89. The van der Waals surface area contributed by atoms with Gasteiger partial charge in [0.15, 0.2) is 0 Å². The van der Waals surface area contributed by atoms with Gasteiger partial charge in [0.05, 0.1) is 11.7 Å². The van der Waals surface area contributed by atoms with E-state index in [1.165, 1.54) is 11.7 Å². The number of piperidine rings is 1. The Morgan fingerprint density at radius 1 is 1.24 bits per heavy atom. The van der Waals surface area contributed by atoms with Crippen molar-refractivity contribution in [2.24, 2.45) is 0 Å². The number of fused-ring (bicyclic) bond motifs is 3. The van der Waals surface area contributed by atoms with Gasteiger partial charge in [-0.2, -0.15) is 20.5 Å². The zero-order chi connectivity index (χ0) is 14.4. The molecule has 0 saturated carbocycles. The third kappa shape index (κ3) is 2.25. The lowest BCUT2D eigenvalue weighted by Crippen LogP contribution is -2.47. The van der Waals surface area contributed by atoms with Crippen LogP contribution in [0.15, 0.2) is 18.2 Å². The first-order chi connectivity index (χ1) is 10.3. The molecule has 2 saturated heterocycles. The molecule has 1 aromatic carbocycles. The Morgan fingerprint density at radius 2 is 1.95 bits per heavy atom. The number of nitrogens with zero attached hydrogens (tertiary/aromatic N) is 3. The molecule has 0 radical (unpaired) electrons. The zero-order valence-electron chi connectivity index (χ0n) is 11.9. The minimum Gasteiger partial charge on any atom is -0.333 e. The van der Waals surface area contributed by atoms with Crippen molar-refractivity contribution in [1.82, 2.24) is 13.6 Å². The van der Waals surface area contributed by atoms with Gasteiger partial charge in [0, 0.05) is 22.9 Å². The average molecular weight is 319 g/mol. The summed E-state index contributed by atoms with van der Waals surface area (Å²) in [6.07, 6.45) is 6.79. The van der Waals surface area contributed by atoms with Crippen LogP contribution in [-0.2, 0) is 0 Å². The van der Waals surface area contributed by atoms with Crippen molar-refractivity contribution in [3.8, 4) is 0 Å². The van der Waals surface area contributed by atoms with E-state index in [1.807, 2.05) is 30.0 Å². The van der Waals surface area contributed by atoms with Crippen molar-refractivity contribution in [1.29, 1.82) is 0 Å². The zero-order valence-corrected chi connectivity index (χ0v) is 13.5. The summed E-state index contributed by atoms with van der Waals surface area (Å²) in [5.41, 5.74) is 2.47. The molecule has 0 N–H and O–H groups in total. The van der Waals surface area contributed by atoms with Crippen LogP contribution in [0.4, 0.5) is 0 Å². The SMILES string of the molecule is CSC1C[C@H]2CC[C@@H](C1)N2C(=O)c1ccc2nsnc2c1. The molecule has 2 fully saturated rings. The van der Waals surface area contributed by atoms with Crippen LogP contribution in [0, 0.1) is 0 Å². The molecule has 21 heavy (non-hydrogen) atoms. The molecule has 1 unspecified atom stereocenters. The average Bonchev–Trinajstić information content (AvgIpc) is 3.08. The van der Waals surface area contributed by atoms with Gasteiger partial charge >= 0.3 is 0 Å². The van der Waals surface area contributed by atoms with Gasteiger partial charge in [-0.15, -0.1) is 0 Å². The van der Waals surface area contributed by atoms with Crippen LogP contribution >= 0.6 is 23.5 Å². The number of aromatic nitrogens is 2. The predicted octanol–water partition coefficient (Wildman–Crippen LogP) is 3.19. The van der Waals surface area contributed by atoms with Crippen LogP contribution in [0.25, 0.3) is 11.0 Å². The molecular formula is C15H17N3OS2. The van der Waals surface area contributed by atoms with Crippen LogP contribution in [-0.4, -0.2) is 43.1 Å². The molecule has 4 nitrogen and oxygen atoms in total. The quantitative estimate of drug-likeness (QED) is 0.853. The van der Waals surface area contributed by atoms with Crippen LogP contribution in [0.5, 0.6) is 0 Å². The van der Waals surface area contributed by atoms with Gasteiger partial charge < -0.3 is 4.90 Å². The Bertz CT molecular complexity index is 672. The van der Waals surface area contributed by atoms with Gasteiger partial charge in [-0.25, -0.2) is 0 Å². The summed E-state index contributed by atoms with van der Waals surface area (Å²) < 4.78 is 8.44. The van der Waals surface area contributed by atoms with Crippen molar-refractivity contribution in [2.75, 3.05) is 6.26 Å². The number of benzene rings is 1. The van der Waals surface area contributed by atoms with E-state index in [0.717, 1.165) is 47.5 Å². The lowest BCUT2D eigenvalue weighted by molar-refractivity contribution is 0.0602.